The molecule has 154 valence electrons. The third-order valence-corrected chi connectivity index (χ3v) is 6.04. The lowest BCUT2D eigenvalue weighted by Gasteiger charge is -2.36. The van der Waals surface area contributed by atoms with Crippen LogP contribution in [0.2, 0.25) is 4.34 Å². The number of nitrogens with two attached hydrogens (primary N) is 1. The van der Waals surface area contributed by atoms with Gasteiger partial charge in [-0.25, -0.2) is 27.1 Å². The molecule has 12 heteroatoms. The second kappa shape index (κ2) is 7.22. The van der Waals surface area contributed by atoms with Crippen LogP contribution in [0.1, 0.15) is 29.1 Å². The highest BCUT2D eigenvalue weighted by atomic mass is 35.5. The maximum atomic E-state index is 14.2. The number of amides is 1. The molecule has 1 saturated carbocycles. The summed E-state index contributed by atoms with van der Waals surface area (Å²) >= 11 is 6.91. The van der Waals surface area contributed by atoms with Gasteiger partial charge in [0.2, 0.25) is 0 Å². The van der Waals surface area contributed by atoms with E-state index >= 15 is 0 Å². The molecule has 3 aromatic rings. The smallest absolute Gasteiger partial charge is 0.280 e. The fraction of sp³-hybridized carbons (Fsp3) is 0.353. The number of hydrogen-bond donors (Lipinski definition) is 2. The van der Waals surface area contributed by atoms with Crippen molar-refractivity contribution < 1.29 is 22.4 Å². The Morgan fingerprint density at radius 3 is 2.90 bits per heavy atom. The number of hydrogen-bond acceptors (Lipinski definition) is 5. The molecule has 29 heavy (non-hydrogen) atoms. The number of nitrogens with zero attached hydrogens (tertiary/aromatic N) is 3. The molecule has 0 aliphatic heterocycles. The molecule has 2 atom stereocenters. The predicted molar refractivity (Wildman–Crippen MR) is 99.3 cm³/mol. The van der Waals surface area contributed by atoms with Crippen molar-refractivity contribution in [2.75, 3.05) is 0 Å². The number of thiazole rings is 1. The SMILES string of the molecule is N[C@@H]1CCCC(F)(F)[C@H]1NC(=O)c1nc(-c2cnn3cc(F)cc(F)c23)c(Cl)s1. The molecule has 3 heterocycles. The molecular formula is C17H14ClF4N5OS. The van der Waals surface area contributed by atoms with Crippen LogP contribution in [-0.2, 0) is 0 Å². The highest BCUT2D eigenvalue weighted by molar-refractivity contribution is 7.18. The van der Waals surface area contributed by atoms with E-state index in [2.05, 4.69) is 15.4 Å². The number of halogens is 5. The number of rotatable bonds is 3. The Morgan fingerprint density at radius 2 is 2.17 bits per heavy atom. The number of fused-ring (bicyclic) bond motifs is 1. The highest BCUT2D eigenvalue weighted by Crippen LogP contribution is 2.37. The summed E-state index contributed by atoms with van der Waals surface area (Å²) in [4.78, 5) is 16.6. The second-order valence-electron chi connectivity index (χ2n) is 6.77. The minimum atomic E-state index is -3.13. The predicted octanol–water partition coefficient (Wildman–Crippen LogP) is 3.63. The number of nitrogens with one attached hydrogen (secondary N) is 1. The van der Waals surface area contributed by atoms with E-state index in [-0.39, 0.29) is 39.0 Å². The van der Waals surface area contributed by atoms with Crippen molar-refractivity contribution in [3.8, 4) is 11.3 Å². The molecule has 6 nitrogen and oxygen atoms in total. The standard InChI is InChI=1S/C17H14ClF4N5OS/c18-14-11(8-5-24-27-6-7(19)4-9(20)12(8)27)25-16(29-14)15(28)26-13-10(23)2-1-3-17(13,21)22/h4-6,10,13H,1-3,23H2,(H,26,28)/t10-,13+/m1/s1. The lowest BCUT2D eigenvalue weighted by Crippen LogP contribution is -2.59. The van der Waals surface area contributed by atoms with Crippen molar-refractivity contribution in [3.63, 3.8) is 0 Å². The van der Waals surface area contributed by atoms with Crippen LogP contribution in [0.3, 0.4) is 0 Å². The third kappa shape index (κ3) is 3.58. The van der Waals surface area contributed by atoms with Crippen molar-refractivity contribution in [3.05, 3.63) is 39.4 Å². The lowest BCUT2D eigenvalue weighted by atomic mass is 9.87. The molecule has 4 rings (SSSR count). The molecule has 0 unspecified atom stereocenters. The minimum Gasteiger partial charge on any atom is -0.340 e. The zero-order valence-electron chi connectivity index (χ0n) is 14.6. The van der Waals surface area contributed by atoms with Crippen molar-refractivity contribution in [2.24, 2.45) is 5.73 Å². The van der Waals surface area contributed by atoms with E-state index < -0.39 is 35.5 Å². The van der Waals surface area contributed by atoms with Crippen molar-refractivity contribution >= 4 is 34.4 Å². The Kier molecular flexibility index (Phi) is 4.99. The molecule has 0 saturated heterocycles. The highest BCUT2D eigenvalue weighted by Gasteiger charge is 2.46. The first-order valence-corrected chi connectivity index (χ1v) is 9.80. The fourth-order valence-corrected chi connectivity index (χ4v) is 4.48. The molecule has 1 aliphatic rings. The van der Waals surface area contributed by atoms with E-state index in [1.54, 1.807) is 0 Å². The molecule has 1 amide bonds. The second-order valence-corrected chi connectivity index (χ2v) is 8.37. The molecule has 3 N–H and O–H groups in total. The number of pyridine rings is 1. The van der Waals surface area contributed by atoms with Crippen molar-refractivity contribution in [1.82, 2.24) is 19.9 Å². The lowest BCUT2D eigenvalue weighted by molar-refractivity contribution is -0.0674. The topological polar surface area (TPSA) is 85.3 Å². The minimum absolute atomic E-state index is 0.0356. The number of aromatic nitrogens is 3. The van der Waals surface area contributed by atoms with Crippen LogP contribution in [0.25, 0.3) is 16.8 Å². The monoisotopic (exact) mass is 447 g/mol. The van der Waals surface area contributed by atoms with E-state index in [4.69, 9.17) is 17.3 Å². The van der Waals surface area contributed by atoms with Gasteiger partial charge in [0.05, 0.1) is 18.0 Å². The normalized spacial score (nSPS) is 21.4. The van der Waals surface area contributed by atoms with Crippen LogP contribution in [0.4, 0.5) is 17.6 Å². The van der Waals surface area contributed by atoms with Gasteiger partial charge in [-0.1, -0.05) is 22.9 Å². The Bertz CT molecular complexity index is 1100. The first-order chi connectivity index (χ1) is 13.7. The molecule has 1 aliphatic carbocycles. The van der Waals surface area contributed by atoms with Gasteiger partial charge >= 0.3 is 0 Å². The summed E-state index contributed by atoms with van der Waals surface area (Å²) < 4.78 is 56.9. The van der Waals surface area contributed by atoms with E-state index in [1.807, 2.05) is 0 Å². The van der Waals surface area contributed by atoms with Crippen LogP contribution in [0, 0.1) is 11.6 Å². The Labute approximate surface area is 170 Å². The van der Waals surface area contributed by atoms with Crippen LogP contribution in [0.5, 0.6) is 0 Å². The average Bonchev–Trinajstić information content (AvgIpc) is 3.21. The summed E-state index contributed by atoms with van der Waals surface area (Å²) in [6.45, 7) is 0. The van der Waals surface area contributed by atoms with Gasteiger partial charge in [0.1, 0.15) is 27.4 Å². The van der Waals surface area contributed by atoms with Crippen LogP contribution in [0.15, 0.2) is 18.5 Å². The average molecular weight is 448 g/mol. The van der Waals surface area contributed by atoms with Gasteiger partial charge in [-0.15, -0.1) is 0 Å². The van der Waals surface area contributed by atoms with Gasteiger partial charge in [0.15, 0.2) is 10.8 Å². The zero-order valence-corrected chi connectivity index (χ0v) is 16.2. The quantitative estimate of drug-likeness (QED) is 0.600. The molecule has 0 spiro atoms. The summed E-state index contributed by atoms with van der Waals surface area (Å²) in [6.07, 6.45) is 2.47. The van der Waals surface area contributed by atoms with Gasteiger partial charge in [-0.2, -0.15) is 5.10 Å². The van der Waals surface area contributed by atoms with E-state index in [0.29, 0.717) is 12.5 Å². The fourth-order valence-electron chi connectivity index (χ4n) is 3.40. The van der Waals surface area contributed by atoms with Crippen LogP contribution < -0.4 is 11.1 Å². The van der Waals surface area contributed by atoms with Gasteiger partial charge in [0, 0.05) is 18.5 Å². The van der Waals surface area contributed by atoms with E-state index in [1.165, 1.54) is 6.20 Å². The molecule has 0 aromatic carbocycles. The van der Waals surface area contributed by atoms with E-state index in [9.17, 15) is 22.4 Å². The van der Waals surface area contributed by atoms with Gasteiger partial charge < -0.3 is 11.1 Å². The third-order valence-electron chi connectivity index (χ3n) is 4.78. The number of carbonyl (C=O) groups excluding carboxylic acids is 1. The van der Waals surface area contributed by atoms with Crippen LogP contribution in [-0.4, -0.2) is 38.5 Å². The Balaban J connectivity index is 1.66. The largest absolute Gasteiger partial charge is 0.340 e. The maximum absolute atomic E-state index is 14.2. The van der Waals surface area contributed by atoms with Gasteiger partial charge in [0.25, 0.3) is 11.8 Å². The molecule has 0 radical (unpaired) electrons. The summed E-state index contributed by atoms with van der Waals surface area (Å²) in [5, 5.41) is 5.93. The number of alkyl halides is 2. The summed E-state index contributed by atoms with van der Waals surface area (Å²) in [5.74, 6) is -5.69. The van der Waals surface area contributed by atoms with Gasteiger partial charge in [-0.3, -0.25) is 4.79 Å². The first kappa shape index (κ1) is 20.0. The maximum Gasteiger partial charge on any atom is 0.280 e. The van der Waals surface area contributed by atoms with Gasteiger partial charge in [-0.05, 0) is 12.8 Å². The summed E-state index contributed by atoms with van der Waals surface area (Å²) in [7, 11) is 0. The summed E-state index contributed by atoms with van der Waals surface area (Å²) in [5.41, 5.74) is 5.87. The molecule has 3 aromatic heterocycles. The Morgan fingerprint density at radius 1 is 1.41 bits per heavy atom. The van der Waals surface area contributed by atoms with E-state index in [0.717, 1.165) is 22.0 Å². The molecular weight excluding hydrogens is 434 g/mol. The molecule has 0 bridgehead atoms. The Hall–Kier alpha value is -2.24. The van der Waals surface area contributed by atoms with Crippen molar-refractivity contribution in [1.29, 1.82) is 0 Å². The zero-order chi connectivity index (χ0) is 20.9. The summed E-state index contributed by atoms with van der Waals surface area (Å²) in [6, 6.07) is -1.73. The number of carbonyl (C=O) groups is 1. The molecule has 1 fully saturated rings. The van der Waals surface area contributed by atoms with Crippen LogP contribution >= 0.6 is 22.9 Å². The van der Waals surface area contributed by atoms with Crippen molar-refractivity contribution in [2.45, 2.75) is 37.3 Å². The first-order valence-electron chi connectivity index (χ1n) is 8.61.